The van der Waals surface area contributed by atoms with Gasteiger partial charge >= 0.3 is 19.5 Å². The molecule has 5 rings (SSSR count). The molecule has 4 N–H and O–H groups in total. The second-order valence-electron chi connectivity index (χ2n) is 11.0. The number of benzene rings is 1. The van der Waals surface area contributed by atoms with Crippen LogP contribution in [0.25, 0.3) is 11.2 Å². The van der Waals surface area contributed by atoms with Gasteiger partial charge < -0.3 is 39.5 Å². The van der Waals surface area contributed by atoms with Gasteiger partial charge in [0.1, 0.15) is 34.8 Å². The van der Waals surface area contributed by atoms with Crippen LogP contribution in [0.1, 0.15) is 51.4 Å². The summed E-state index contributed by atoms with van der Waals surface area (Å²) in [4.78, 5) is 38.8. The topological polar surface area (TPSA) is 217 Å². The van der Waals surface area contributed by atoms with Crippen LogP contribution in [0.15, 0.2) is 40.5 Å². The zero-order valence-corrected chi connectivity index (χ0v) is 27.5. The number of ether oxygens (including phenoxy) is 4. The van der Waals surface area contributed by atoms with Gasteiger partial charge in [0.2, 0.25) is 5.95 Å². The number of aliphatic hydroxyl groups excluding tert-OH is 2. The van der Waals surface area contributed by atoms with E-state index >= 15 is 0 Å². The minimum Gasteiger partial charge on any atom is -0.497 e. The van der Waals surface area contributed by atoms with Crippen LogP contribution in [0, 0.1) is 0 Å². The molecule has 18 heteroatoms. The lowest BCUT2D eigenvalue weighted by Crippen LogP contribution is -2.32. The highest BCUT2D eigenvalue weighted by Crippen LogP contribution is 2.50. The number of methoxy groups -OCH3 is 1. The zero-order valence-electron chi connectivity index (χ0n) is 25.8. The first kappa shape index (κ1) is 35.0. The summed E-state index contributed by atoms with van der Waals surface area (Å²) < 4.78 is 46.6. The Kier molecular flexibility index (Phi) is 12.1. The molecule has 0 spiro atoms. The first-order valence-electron chi connectivity index (χ1n) is 15.2. The van der Waals surface area contributed by atoms with Gasteiger partial charge in [-0.3, -0.25) is 13.6 Å². The van der Waals surface area contributed by atoms with Gasteiger partial charge in [0.15, 0.2) is 5.65 Å². The molecule has 2 aromatic heterocycles. The molecule has 0 aliphatic heterocycles. The Labute approximate surface area is 274 Å². The number of imidazole rings is 1. The van der Waals surface area contributed by atoms with E-state index in [0.29, 0.717) is 47.6 Å². The molecule has 2 saturated carbocycles. The Hall–Kier alpha value is -3.31. The number of anilines is 1. The Morgan fingerprint density at radius 2 is 1.55 bits per heavy atom. The third-order valence-corrected chi connectivity index (χ3v) is 10.1. The van der Waals surface area contributed by atoms with Gasteiger partial charge in [0, 0.05) is 11.4 Å². The molecule has 0 radical (unpaired) electrons. The Morgan fingerprint density at radius 1 is 0.979 bits per heavy atom. The maximum atomic E-state index is 13.6. The van der Waals surface area contributed by atoms with Crippen molar-refractivity contribution in [3.63, 3.8) is 0 Å². The van der Waals surface area contributed by atoms with E-state index in [1.165, 1.54) is 18.1 Å². The number of rotatable bonds is 16. The van der Waals surface area contributed by atoms with Crippen LogP contribution in [0.5, 0.6) is 5.75 Å². The number of hydrogen-bond donors (Lipinski definition) is 3. The molecular weight excluding hydrogens is 657 g/mol. The van der Waals surface area contributed by atoms with Crippen LogP contribution < -0.4 is 10.5 Å². The van der Waals surface area contributed by atoms with Crippen molar-refractivity contribution in [1.82, 2.24) is 19.5 Å². The lowest BCUT2D eigenvalue weighted by atomic mass is 10.3. The fourth-order valence-corrected chi connectivity index (χ4v) is 7.38. The van der Waals surface area contributed by atoms with Gasteiger partial charge in [0.25, 0.3) is 12.6 Å². The van der Waals surface area contributed by atoms with E-state index in [2.05, 4.69) is 15.0 Å². The van der Waals surface area contributed by atoms with E-state index in [1.54, 1.807) is 11.7 Å². The third kappa shape index (κ3) is 9.63. The van der Waals surface area contributed by atoms with E-state index in [0.717, 1.165) is 30.6 Å². The average Bonchev–Trinajstić information content (AvgIpc) is 3.83. The van der Waals surface area contributed by atoms with Crippen molar-refractivity contribution in [2.75, 3.05) is 25.8 Å². The Morgan fingerprint density at radius 3 is 2.11 bits per heavy atom. The molecule has 47 heavy (non-hydrogen) atoms. The standard InChI is InChI=1S/C29H38N5O11PS/c1-40-18-10-12-21(13-11-18)47-24-22-23(32-29(30)33-24)34(16-31-22)14-15-41-17-46(39,44-27(37)25(35)42-19-6-2-3-7-19)45-28(38)26(36)43-20-8-4-5-9-20/h10-13,16,19-20,27-28,37-38H,2-9,14-15,17H2,1H3,(H2,30,32,33). The van der Waals surface area contributed by atoms with Crippen molar-refractivity contribution >= 4 is 48.4 Å². The third-order valence-electron chi connectivity index (χ3n) is 7.54. The smallest absolute Gasteiger partial charge is 0.363 e. The highest BCUT2D eigenvalue weighted by Gasteiger charge is 2.39. The molecule has 0 bridgehead atoms. The molecule has 2 aliphatic rings. The quantitative estimate of drug-likeness (QED) is 0.0643. The number of nitrogens with zero attached hydrogens (tertiary/aromatic N) is 4. The number of fused-ring (bicyclic) bond motifs is 1. The van der Waals surface area contributed by atoms with Gasteiger partial charge in [-0.25, -0.2) is 19.6 Å². The van der Waals surface area contributed by atoms with Crippen molar-refractivity contribution in [3.8, 4) is 5.75 Å². The summed E-state index contributed by atoms with van der Waals surface area (Å²) in [7, 11) is -3.07. The second-order valence-corrected chi connectivity index (χ2v) is 14.0. The SMILES string of the molecule is COc1ccc(Sc2nc(N)nc3c2ncn3CCOCP(=O)(OC(O)C(=O)OC2CCCC2)OC(O)C(=O)OC2CCCC2)cc1. The predicted molar refractivity (Wildman–Crippen MR) is 166 cm³/mol. The number of esters is 2. The summed E-state index contributed by atoms with van der Waals surface area (Å²) in [5.41, 5.74) is 6.90. The molecule has 2 heterocycles. The van der Waals surface area contributed by atoms with Crippen molar-refractivity contribution < 1.29 is 52.4 Å². The molecular formula is C29H38N5O11PS. The Bertz CT molecular complexity index is 1520. The minimum absolute atomic E-state index is 0.0273. The Balaban J connectivity index is 1.22. The molecule has 2 aliphatic carbocycles. The molecule has 16 nitrogen and oxygen atoms in total. The summed E-state index contributed by atoms with van der Waals surface area (Å²) in [6.45, 7) is 0.0242. The number of carbonyl (C=O) groups excluding carboxylic acids is 2. The highest BCUT2D eigenvalue weighted by molar-refractivity contribution is 7.99. The minimum atomic E-state index is -4.65. The molecule has 3 aromatic rings. The van der Waals surface area contributed by atoms with Gasteiger partial charge in [-0.2, -0.15) is 4.98 Å². The van der Waals surface area contributed by atoms with Gasteiger partial charge in [-0.1, -0.05) is 11.8 Å². The number of nitrogen functional groups attached to an aromatic ring is 1. The van der Waals surface area contributed by atoms with Crippen LogP contribution in [0.2, 0.25) is 0 Å². The van der Waals surface area contributed by atoms with E-state index in [-0.39, 0.29) is 19.1 Å². The second kappa shape index (κ2) is 16.2. The monoisotopic (exact) mass is 695 g/mol. The molecule has 2 atom stereocenters. The lowest BCUT2D eigenvalue weighted by Gasteiger charge is -2.24. The van der Waals surface area contributed by atoms with Crippen molar-refractivity contribution in [2.45, 2.75) is 92.6 Å². The van der Waals surface area contributed by atoms with E-state index in [9.17, 15) is 24.4 Å². The van der Waals surface area contributed by atoms with Crippen LogP contribution in [0.3, 0.4) is 0 Å². The summed E-state index contributed by atoms with van der Waals surface area (Å²) in [5.74, 6) is -1.61. The summed E-state index contributed by atoms with van der Waals surface area (Å²) in [6, 6.07) is 7.39. The molecule has 256 valence electrons. The molecule has 2 unspecified atom stereocenters. The summed E-state index contributed by atoms with van der Waals surface area (Å²) >= 11 is 1.34. The number of aromatic nitrogens is 4. The van der Waals surface area contributed by atoms with Gasteiger partial charge in [-0.15, -0.1) is 0 Å². The van der Waals surface area contributed by atoms with Crippen LogP contribution in [-0.2, 0) is 44.0 Å². The van der Waals surface area contributed by atoms with Gasteiger partial charge in [-0.05, 0) is 75.6 Å². The summed E-state index contributed by atoms with van der Waals surface area (Å²) in [5, 5.41) is 21.2. The van der Waals surface area contributed by atoms with Crippen molar-refractivity contribution in [2.24, 2.45) is 0 Å². The maximum Gasteiger partial charge on any atom is 0.363 e. The van der Waals surface area contributed by atoms with E-state index in [4.69, 9.17) is 33.7 Å². The fourth-order valence-electron chi connectivity index (χ4n) is 5.20. The molecule has 2 fully saturated rings. The largest absolute Gasteiger partial charge is 0.497 e. The number of carbonyl (C=O) groups is 2. The van der Waals surface area contributed by atoms with Gasteiger partial charge in [0.05, 0.1) is 20.0 Å². The lowest BCUT2D eigenvalue weighted by molar-refractivity contribution is -0.182. The van der Waals surface area contributed by atoms with Crippen LogP contribution >= 0.6 is 19.4 Å². The molecule has 0 amide bonds. The highest BCUT2D eigenvalue weighted by atomic mass is 32.2. The molecule has 0 saturated heterocycles. The first-order valence-corrected chi connectivity index (χ1v) is 17.8. The average molecular weight is 696 g/mol. The van der Waals surface area contributed by atoms with E-state index in [1.807, 2.05) is 24.3 Å². The normalized spacial score (nSPS) is 18.2. The molecule has 1 aromatic carbocycles. The predicted octanol–water partition coefficient (Wildman–Crippen LogP) is 3.38. The van der Waals surface area contributed by atoms with Crippen LogP contribution in [-0.4, -0.2) is 86.5 Å². The van der Waals surface area contributed by atoms with E-state index < -0.39 is 50.7 Å². The van der Waals surface area contributed by atoms with Crippen LogP contribution in [0.4, 0.5) is 5.95 Å². The zero-order chi connectivity index (χ0) is 33.4. The fraction of sp³-hybridized carbons (Fsp3) is 0.552. The number of aliphatic hydroxyl groups is 2. The number of nitrogens with two attached hydrogens (primary N) is 1. The number of hydrogen-bond acceptors (Lipinski definition) is 16. The maximum absolute atomic E-state index is 13.6. The van der Waals surface area contributed by atoms with Crippen molar-refractivity contribution in [1.29, 1.82) is 0 Å². The van der Waals surface area contributed by atoms with Crippen molar-refractivity contribution in [3.05, 3.63) is 30.6 Å². The first-order chi connectivity index (χ1) is 22.6. The summed E-state index contributed by atoms with van der Waals surface area (Å²) in [6.07, 6.45) is 1.22.